The highest BCUT2D eigenvalue weighted by Crippen LogP contribution is 2.25. The van der Waals surface area contributed by atoms with Crippen LogP contribution in [-0.2, 0) is 4.79 Å². The van der Waals surface area contributed by atoms with Crippen molar-refractivity contribution in [2.24, 2.45) is 0 Å². The molecule has 1 aromatic carbocycles. The van der Waals surface area contributed by atoms with Gasteiger partial charge in [-0.1, -0.05) is 15.9 Å². The molecule has 1 atom stereocenters. The van der Waals surface area contributed by atoms with Crippen molar-refractivity contribution in [1.29, 1.82) is 0 Å². The topological polar surface area (TPSA) is 32.3 Å². The van der Waals surface area contributed by atoms with Crippen molar-refractivity contribution in [3.8, 4) is 0 Å². The van der Waals surface area contributed by atoms with Crippen LogP contribution in [0.3, 0.4) is 0 Å². The molecule has 1 fully saturated rings. The van der Waals surface area contributed by atoms with Crippen LogP contribution in [0.15, 0.2) is 27.6 Å². The van der Waals surface area contributed by atoms with Gasteiger partial charge in [-0.3, -0.25) is 4.79 Å². The van der Waals surface area contributed by atoms with Gasteiger partial charge in [0.1, 0.15) is 0 Å². The molecule has 0 radical (unpaired) electrons. The van der Waals surface area contributed by atoms with Gasteiger partial charge in [0.25, 0.3) is 0 Å². The zero-order valence-electron chi connectivity index (χ0n) is 11.7. The van der Waals surface area contributed by atoms with Crippen molar-refractivity contribution in [3.05, 3.63) is 28.2 Å². The zero-order chi connectivity index (χ0) is 13.8. The van der Waals surface area contributed by atoms with Gasteiger partial charge in [-0.25, -0.2) is 0 Å². The van der Waals surface area contributed by atoms with E-state index in [1.54, 1.807) is 11.8 Å². The van der Waals surface area contributed by atoms with Gasteiger partial charge in [0.15, 0.2) is 0 Å². The number of hydrogen-bond acceptors (Lipinski definition) is 3. The predicted octanol–water partition coefficient (Wildman–Crippen LogP) is 3.09. The second-order valence-electron chi connectivity index (χ2n) is 4.85. The molecule has 0 bridgehead atoms. The summed E-state index contributed by atoms with van der Waals surface area (Å²) < 4.78 is 1.08. The Balaban J connectivity index is 0.00000200. The third kappa shape index (κ3) is 4.65. The van der Waals surface area contributed by atoms with Gasteiger partial charge in [-0.15, -0.1) is 24.2 Å². The van der Waals surface area contributed by atoms with Crippen molar-refractivity contribution in [2.75, 3.05) is 25.9 Å². The van der Waals surface area contributed by atoms with E-state index in [0.717, 1.165) is 24.0 Å². The molecule has 1 saturated heterocycles. The molecule has 1 aromatic rings. The number of benzene rings is 1. The Morgan fingerprint density at radius 3 is 2.90 bits per heavy atom. The Morgan fingerprint density at radius 2 is 2.30 bits per heavy atom. The molecular formula is C14H20BrClN2OS. The molecule has 6 heteroatoms. The first kappa shape index (κ1) is 17.8. The number of nitrogens with zero attached hydrogens (tertiary/aromatic N) is 1. The largest absolute Gasteiger partial charge is 0.341 e. The van der Waals surface area contributed by atoms with Gasteiger partial charge in [-0.05, 0) is 43.7 Å². The van der Waals surface area contributed by atoms with Crippen LogP contribution in [0.1, 0.15) is 12.0 Å². The van der Waals surface area contributed by atoms with Gasteiger partial charge < -0.3 is 10.2 Å². The summed E-state index contributed by atoms with van der Waals surface area (Å²) in [5, 5.41) is 3.29. The smallest absolute Gasteiger partial charge is 0.232 e. The van der Waals surface area contributed by atoms with Gasteiger partial charge >= 0.3 is 0 Å². The van der Waals surface area contributed by atoms with E-state index < -0.39 is 0 Å². The van der Waals surface area contributed by atoms with Gasteiger partial charge in [0.2, 0.25) is 5.91 Å². The third-order valence-electron chi connectivity index (χ3n) is 3.46. The number of aryl methyl sites for hydroxylation is 1. The van der Waals surface area contributed by atoms with Crippen LogP contribution in [0.4, 0.5) is 0 Å². The average molecular weight is 380 g/mol. The van der Waals surface area contributed by atoms with Crippen molar-refractivity contribution in [1.82, 2.24) is 10.2 Å². The van der Waals surface area contributed by atoms with E-state index in [9.17, 15) is 4.79 Å². The molecule has 1 heterocycles. The first-order chi connectivity index (χ1) is 9.08. The highest BCUT2D eigenvalue weighted by Gasteiger charge is 2.22. The molecule has 20 heavy (non-hydrogen) atoms. The standard InChI is InChI=1S/C14H19BrN2OS.ClH/c1-10-7-11(15)3-4-13(10)19-9-14(18)17(2)12-5-6-16-8-12;/h3-4,7,12,16H,5-6,8-9H2,1-2H3;1H. The molecule has 1 aliphatic rings. The number of carbonyl (C=O) groups excluding carboxylic acids is 1. The summed E-state index contributed by atoms with van der Waals surface area (Å²) in [6, 6.07) is 6.52. The molecule has 0 aliphatic carbocycles. The van der Waals surface area contributed by atoms with Crippen LogP contribution in [0.25, 0.3) is 0 Å². The molecular weight excluding hydrogens is 360 g/mol. The summed E-state index contributed by atoms with van der Waals surface area (Å²) in [6.45, 7) is 4.01. The fourth-order valence-electron chi connectivity index (χ4n) is 2.19. The summed E-state index contributed by atoms with van der Waals surface area (Å²) in [7, 11) is 1.91. The Hall–Kier alpha value is -0.230. The Morgan fingerprint density at radius 1 is 1.55 bits per heavy atom. The monoisotopic (exact) mass is 378 g/mol. The lowest BCUT2D eigenvalue weighted by Crippen LogP contribution is -2.39. The first-order valence-electron chi connectivity index (χ1n) is 6.43. The normalized spacial score (nSPS) is 17.6. The van der Waals surface area contributed by atoms with Crippen LogP contribution in [0.2, 0.25) is 0 Å². The summed E-state index contributed by atoms with van der Waals surface area (Å²) in [5.74, 6) is 0.719. The second-order valence-corrected chi connectivity index (χ2v) is 6.78. The zero-order valence-corrected chi connectivity index (χ0v) is 14.9. The summed E-state index contributed by atoms with van der Waals surface area (Å²) >= 11 is 5.07. The lowest BCUT2D eigenvalue weighted by Gasteiger charge is -2.23. The van der Waals surface area contributed by atoms with Crippen LogP contribution in [0, 0.1) is 6.92 Å². The Bertz CT molecular complexity index is 466. The molecule has 1 aliphatic heterocycles. The number of nitrogens with one attached hydrogen (secondary N) is 1. The number of rotatable bonds is 4. The fourth-order valence-corrected chi connectivity index (χ4v) is 3.60. The molecule has 0 spiro atoms. The fraction of sp³-hybridized carbons (Fsp3) is 0.500. The van der Waals surface area contributed by atoms with Crippen LogP contribution >= 0.6 is 40.1 Å². The van der Waals surface area contributed by atoms with Gasteiger partial charge in [0, 0.05) is 29.0 Å². The van der Waals surface area contributed by atoms with E-state index in [1.807, 2.05) is 18.0 Å². The molecule has 112 valence electrons. The molecule has 0 saturated carbocycles. The maximum atomic E-state index is 12.1. The number of halogens is 2. The first-order valence-corrected chi connectivity index (χ1v) is 8.21. The van der Waals surface area contributed by atoms with E-state index in [0.29, 0.717) is 11.8 Å². The summed E-state index contributed by atoms with van der Waals surface area (Å²) in [6.07, 6.45) is 1.06. The van der Waals surface area contributed by atoms with E-state index in [1.165, 1.54) is 10.5 Å². The minimum Gasteiger partial charge on any atom is -0.341 e. The van der Waals surface area contributed by atoms with Crippen molar-refractivity contribution >= 4 is 46.0 Å². The molecule has 1 amide bonds. The predicted molar refractivity (Wildman–Crippen MR) is 90.9 cm³/mol. The van der Waals surface area contributed by atoms with E-state index in [2.05, 4.69) is 40.3 Å². The number of amides is 1. The highest BCUT2D eigenvalue weighted by molar-refractivity contribution is 9.10. The van der Waals surface area contributed by atoms with Crippen LogP contribution < -0.4 is 5.32 Å². The van der Waals surface area contributed by atoms with E-state index in [4.69, 9.17) is 0 Å². The number of likely N-dealkylation sites (N-methyl/N-ethyl adjacent to an activating group) is 1. The average Bonchev–Trinajstić information content (AvgIpc) is 2.90. The summed E-state index contributed by atoms with van der Waals surface area (Å²) in [5.41, 5.74) is 1.21. The Kier molecular flexibility index (Phi) is 7.37. The lowest BCUT2D eigenvalue weighted by atomic mass is 10.2. The van der Waals surface area contributed by atoms with Crippen molar-refractivity contribution in [3.63, 3.8) is 0 Å². The molecule has 1 unspecified atom stereocenters. The third-order valence-corrected chi connectivity index (χ3v) is 5.12. The van der Waals surface area contributed by atoms with Crippen molar-refractivity contribution in [2.45, 2.75) is 24.3 Å². The maximum absolute atomic E-state index is 12.1. The number of hydrogen-bond donors (Lipinski definition) is 1. The van der Waals surface area contributed by atoms with E-state index >= 15 is 0 Å². The minimum atomic E-state index is 0. The summed E-state index contributed by atoms with van der Waals surface area (Å²) in [4.78, 5) is 15.2. The van der Waals surface area contributed by atoms with Crippen LogP contribution in [0.5, 0.6) is 0 Å². The quantitative estimate of drug-likeness (QED) is 0.816. The van der Waals surface area contributed by atoms with Gasteiger partial charge in [-0.2, -0.15) is 0 Å². The maximum Gasteiger partial charge on any atom is 0.232 e. The lowest BCUT2D eigenvalue weighted by molar-refractivity contribution is -0.128. The Labute approximate surface area is 139 Å². The van der Waals surface area contributed by atoms with Crippen molar-refractivity contribution < 1.29 is 4.79 Å². The minimum absolute atomic E-state index is 0. The van der Waals surface area contributed by atoms with Crippen LogP contribution in [-0.4, -0.2) is 42.7 Å². The highest BCUT2D eigenvalue weighted by atomic mass is 79.9. The molecule has 0 aromatic heterocycles. The second kappa shape index (κ2) is 8.27. The van der Waals surface area contributed by atoms with E-state index in [-0.39, 0.29) is 18.3 Å². The molecule has 3 nitrogen and oxygen atoms in total. The molecule has 1 N–H and O–H groups in total. The SMILES string of the molecule is Cc1cc(Br)ccc1SCC(=O)N(C)C1CCNC1.Cl. The van der Waals surface area contributed by atoms with Gasteiger partial charge in [0.05, 0.1) is 5.75 Å². The number of carbonyl (C=O) groups is 1. The molecule has 2 rings (SSSR count). The number of thioether (sulfide) groups is 1.